The van der Waals surface area contributed by atoms with E-state index < -0.39 is 27.8 Å². The fraction of sp³-hybridized carbons (Fsp3) is 0.263. The summed E-state index contributed by atoms with van der Waals surface area (Å²) in [5.41, 5.74) is 0.796. The highest BCUT2D eigenvalue weighted by atomic mass is 32.2. The van der Waals surface area contributed by atoms with Gasteiger partial charge in [0, 0.05) is 18.9 Å². The Labute approximate surface area is 168 Å². The molecule has 0 bridgehead atoms. The third kappa shape index (κ3) is 4.60. The number of benzene rings is 1. The number of rotatable bonds is 6. The summed E-state index contributed by atoms with van der Waals surface area (Å²) in [6.45, 7) is 1.87. The Balaban J connectivity index is 1.90. The number of sulfone groups is 1. The second-order valence-electron chi connectivity index (χ2n) is 6.30. The van der Waals surface area contributed by atoms with Crippen LogP contribution in [-0.4, -0.2) is 49.9 Å². The molecule has 1 atom stereocenters. The molecular formula is C19H20N4O5S. The van der Waals surface area contributed by atoms with Gasteiger partial charge in [-0.2, -0.15) is 5.10 Å². The number of carbonyl (C=O) groups excluding carboxylic acids is 2. The van der Waals surface area contributed by atoms with Gasteiger partial charge in [0.1, 0.15) is 11.8 Å². The summed E-state index contributed by atoms with van der Waals surface area (Å²) in [6.07, 6.45) is 3.67. The number of hydrazone groups is 1. The van der Waals surface area contributed by atoms with Crippen molar-refractivity contribution in [2.24, 2.45) is 5.10 Å². The van der Waals surface area contributed by atoms with Crippen LogP contribution in [0.25, 0.3) is 0 Å². The molecule has 152 valence electrons. The largest absolute Gasteiger partial charge is 0.461 e. The number of hydrogen-bond donors (Lipinski definition) is 1. The normalized spacial score (nSPS) is 16.3. The molecule has 9 nitrogen and oxygen atoms in total. The van der Waals surface area contributed by atoms with Crippen LogP contribution in [0.3, 0.4) is 0 Å². The van der Waals surface area contributed by atoms with Crippen LogP contribution in [0.4, 0.5) is 11.4 Å². The van der Waals surface area contributed by atoms with Crippen molar-refractivity contribution in [3.8, 4) is 0 Å². The number of pyridine rings is 1. The number of carbonyl (C=O) groups is 2. The zero-order chi connectivity index (χ0) is 21.0. The number of ether oxygens (including phenoxy) is 1. The first-order chi connectivity index (χ1) is 13.8. The first-order valence-corrected chi connectivity index (χ1v) is 10.7. The van der Waals surface area contributed by atoms with Gasteiger partial charge in [0.15, 0.2) is 9.84 Å². The molecule has 1 aromatic carbocycles. The van der Waals surface area contributed by atoms with Gasteiger partial charge in [-0.05, 0) is 25.1 Å². The standard InChI is InChI=1S/C19H20N4O5S/c1-3-28-19(25)14-11-16(23(22-14)13-7-5-4-6-8-13)18(24)21-15-12-20-10-9-17(15)29(2,26)27/h4-10,12,16H,3,11H2,1-2H3,(H,21,24). The molecule has 29 heavy (non-hydrogen) atoms. The molecule has 2 aromatic rings. The van der Waals surface area contributed by atoms with Gasteiger partial charge in [-0.1, -0.05) is 18.2 Å². The number of nitrogens with zero attached hydrogens (tertiary/aromatic N) is 3. The van der Waals surface area contributed by atoms with E-state index in [-0.39, 0.29) is 29.3 Å². The lowest BCUT2D eigenvalue weighted by molar-refractivity contribution is -0.135. The molecule has 0 saturated carbocycles. The predicted octanol–water partition coefficient (Wildman–Crippen LogP) is 1.62. The van der Waals surface area contributed by atoms with Crippen LogP contribution >= 0.6 is 0 Å². The third-order valence-corrected chi connectivity index (χ3v) is 5.34. The Hall–Kier alpha value is -3.27. The van der Waals surface area contributed by atoms with E-state index in [9.17, 15) is 18.0 Å². The van der Waals surface area contributed by atoms with Gasteiger partial charge in [-0.15, -0.1) is 0 Å². The van der Waals surface area contributed by atoms with Crippen LogP contribution in [0, 0.1) is 0 Å². The quantitative estimate of drug-likeness (QED) is 0.711. The van der Waals surface area contributed by atoms with Crippen molar-refractivity contribution < 1.29 is 22.7 Å². The van der Waals surface area contributed by atoms with Gasteiger partial charge >= 0.3 is 5.97 Å². The molecule has 0 fully saturated rings. The summed E-state index contributed by atoms with van der Waals surface area (Å²) in [6, 6.07) is 9.35. The maximum atomic E-state index is 13.0. The molecular weight excluding hydrogens is 396 g/mol. The van der Waals surface area contributed by atoms with E-state index in [1.54, 1.807) is 31.2 Å². The number of anilines is 2. The summed E-state index contributed by atoms with van der Waals surface area (Å²) in [7, 11) is -3.57. The molecule has 1 aliphatic rings. The van der Waals surface area contributed by atoms with E-state index in [0.29, 0.717) is 5.69 Å². The molecule has 2 heterocycles. The highest BCUT2D eigenvalue weighted by Crippen LogP contribution is 2.27. The number of hydrogen-bond acceptors (Lipinski definition) is 8. The van der Waals surface area contributed by atoms with Crippen molar-refractivity contribution in [2.75, 3.05) is 23.2 Å². The van der Waals surface area contributed by atoms with Crippen molar-refractivity contribution in [1.82, 2.24) is 4.98 Å². The van der Waals surface area contributed by atoms with Crippen LogP contribution in [0.2, 0.25) is 0 Å². The van der Waals surface area contributed by atoms with Gasteiger partial charge in [0.2, 0.25) is 5.91 Å². The first-order valence-electron chi connectivity index (χ1n) is 8.85. The minimum Gasteiger partial charge on any atom is -0.461 e. The Morgan fingerprint density at radius 1 is 1.24 bits per heavy atom. The number of esters is 1. The Bertz CT molecular complexity index is 1050. The average Bonchev–Trinajstić information content (AvgIpc) is 3.14. The fourth-order valence-corrected chi connectivity index (χ4v) is 3.70. The molecule has 0 aliphatic carbocycles. The Morgan fingerprint density at radius 3 is 2.62 bits per heavy atom. The summed E-state index contributed by atoms with van der Waals surface area (Å²) >= 11 is 0. The van der Waals surface area contributed by atoms with E-state index in [2.05, 4.69) is 15.4 Å². The molecule has 1 N–H and O–H groups in total. The Morgan fingerprint density at radius 2 is 1.97 bits per heavy atom. The lowest BCUT2D eigenvalue weighted by Crippen LogP contribution is -2.39. The summed E-state index contributed by atoms with van der Waals surface area (Å²) in [5.74, 6) is -1.11. The van der Waals surface area contributed by atoms with Crippen molar-refractivity contribution in [2.45, 2.75) is 24.3 Å². The highest BCUT2D eigenvalue weighted by Gasteiger charge is 2.37. The molecule has 3 rings (SSSR count). The minimum absolute atomic E-state index is 0.0219. The SMILES string of the molecule is CCOC(=O)C1=NN(c2ccccc2)C(C(=O)Nc2cnccc2S(C)(=O)=O)C1. The lowest BCUT2D eigenvalue weighted by Gasteiger charge is -2.23. The lowest BCUT2D eigenvalue weighted by atomic mass is 10.1. The van der Waals surface area contributed by atoms with E-state index in [1.165, 1.54) is 23.5 Å². The van der Waals surface area contributed by atoms with Crippen molar-refractivity contribution in [1.29, 1.82) is 0 Å². The average molecular weight is 416 g/mol. The molecule has 0 saturated heterocycles. The van der Waals surface area contributed by atoms with Gasteiger partial charge in [-0.3, -0.25) is 14.8 Å². The molecule has 0 spiro atoms. The van der Waals surface area contributed by atoms with Crippen molar-refractivity contribution in [3.63, 3.8) is 0 Å². The molecule has 0 radical (unpaired) electrons. The van der Waals surface area contributed by atoms with Crippen molar-refractivity contribution in [3.05, 3.63) is 48.8 Å². The van der Waals surface area contributed by atoms with Crippen LogP contribution in [0.1, 0.15) is 13.3 Å². The monoisotopic (exact) mass is 416 g/mol. The summed E-state index contributed by atoms with van der Waals surface area (Å²) in [4.78, 5) is 29.0. The first kappa shape index (κ1) is 20.5. The molecule has 1 aliphatic heterocycles. The zero-order valence-corrected chi connectivity index (χ0v) is 16.7. The highest BCUT2D eigenvalue weighted by molar-refractivity contribution is 7.90. The van der Waals surface area contributed by atoms with Gasteiger partial charge in [0.05, 0.1) is 29.1 Å². The third-order valence-electron chi connectivity index (χ3n) is 4.18. The number of para-hydroxylation sites is 1. The topological polar surface area (TPSA) is 118 Å². The predicted molar refractivity (Wildman–Crippen MR) is 107 cm³/mol. The van der Waals surface area contributed by atoms with Crippen LogP contribution in [0.15, 0.2) is 58.8 Å². The number of nitrogens with one attached hydrogen (secondary N) is 1. The minimum atomic E-state index is -3.57. The van der Waals surface area contributed by atoms with Crippen LogP contribution in [0.5, 0.6) is 0 Å². The van der Waals surface area contributed by atoms with Gasteiger partial charge < -0.3 is 10.1 Å². The van der Waals surface area contributed by atoms with E-state index in [0.717, 1.165) is 6.26 Å². The zero-order valence-electron chi connectivity index (χ0n) is 15.9. The molecule has 1 unspecified atom stereocenters. The number of aromatic nitrogens is 1. The smallest absolute Gasteiger partial charge is 0.354 e. The van der Waals surface area contributed by atoms with Crippen LogP contribution in [-0.2, 0) is 24.2 Å². The fourth-order valence-electron chi connectivity index (χ4n) is 2.89. The molecule has 1 amide bonds. The maximum absolute atomic E-state index is 13.0. The molecule has 1 aromatic heterocycles. The summed E-state index contributed by atoms with van der Waals surface area (Å²) in [5, 5.41) is 8.30. The molecule has 10 heteroatoms. The van der Waals surface area contributed by atoms with E-state index >= 15 is 0 Å². The van der Waals surface area contributed by atoms with E-state index in [1.807, 2.05) is 6.07 Å². The second kappa shape index (κ2) is 8.39. The maximum Gasteiger partial charge on any atom is 0.354 e. The van der Waals surface area contributed by atoms with Crippen molar-refractivity contribution >= 4 is 38.8 Å². The second-order valence-corrected chi connectivity index (χ2v) is 8.28. The van der Waals surface area contributed by atoms with Gasteiger partial charge in [-0.25, -0.2) is 13.2 Å². The van der Waals surface area contributed by atoms with Crippen LogP contribution < -0.4 is 10.3 Å². The van der Waals surface area contributed by atoms with Gasteiger partial charge in [0.25, 0.3) is 0 Å². The Kier molecular flexibility index (Phi) is 5.92. The summed E-state index contributed by atoms with van der Waals surface area (Å²) < 4.78 is 29.0. The van der Waals surface area contributed by atoms with E-state index in [4.69, 9.17) is 4.74 Å². The number of amides is 1.